The van der Waals surface area contributed by atoms with Gasteiger partial charge in [-0.05, 0) is 30.7 Å². The number of nitrogens with one attached hydrogen (secondary N) is 1. The lowest BCUT2D eigenvalue weighted by molar-refractivity contribution is 0.281. The number of nitrogens with two attached hydrogens (primary N) is 1. The lowest BCUT2D eigenvalue weighted by atomic mass is 10.0. The van der Waals surface area contributed by atoms with Crippen LogP contribution in [0.25, 0.3) is 11.1 Å². The number of hydrogen-bond donors (Lipinski definition) is 4. The number of H-pyrrole nitrogens is 1. The molecule has 1 aromatic heterocycles. The Kier molecular flexibility index (Phi) is 4.65. The minimum absolute atomic E-state index is 0.0446. The van der Waals surface area contributed by atoms with Gasteiger partial charge in [0.25, 0.3) is 0 Å². The molecule has 5 N–H and O–H groups in total. The fourth-order valence-electron chi connectivity index (χ4n) is 2.30. The van der Waals surface area contributed by atoms with Crippen molar-refractivity contribution in [3.8, 4) is 11.1 Å². The number of anilines is 2. The first-order chi connectivity index (χ1) is 9.67. The van der Waals surface area contributed by atoms with E-state index in [1.54, 1.807) is 0 Å². The second-order valence-electron chi connectivity index (χ2n) is 4.76. The minimum Gasteiger partial charge on any atom is -0.398 e. The molecule has 20 heavy (non-hydrogen) atoms. The third kappa shape index (κ3) is 2.95. The molecule has 0 saturated heterocycles. The summed E-state index contributed by atoms with van der Waals surface area (Å²) in [6, 6.07) is 5.95. The summed E-state index contributed by atoms with van der Waals surface area (Å²) in [6.45, 7) is 3.02. The van der Waals surface area contributed by atoms with Gasteiger partial charge in [0.05, 0.1) is 13.2 Å². The number of aliphatic hydroxyl groups is 2. The number of aryl methyl sites for hydroxylation is 1. The van der Waals surface area contributed by atoms with Crippen molar-refractivity contribution in [2.24, 2.45) is 0 Å². The number of nitrogens with zero attached hydrogens (tertiary/aromatic N) is 1. The van der Waals surface area contributed by atoms with Gasteiger partial charge in [-0.1, -0.05) is 0 Å². The van der Waals surface area contributed by atoms with E-state index in [0.717, 1.165) is 28.1 Å². The van der Waals surface area contributed by atoms with Crippen molar-refractivity contribution >= 4 is 11.4 Å². The molecule has 5 nitrogen and oxygen atoms in total. The SMILES string of the molecule is Cc1cc(N(CCO)CCO)cc(-c2cc[nH]c2)c1N. The number of aliphatic hydroxyl groups excluding tert-OH is 2. The van der Waals surface area contributed by atoms with Crippen LogP contribution >= 0.6 is 0 Å². The quantitative estimate of drug-likeness (QED) is 0.600. The molecule has 0 aliphatic carbocycles. The normalized spacial score (nSPS) is 10.8. The average Bonchev–Trinajstić information content (AvgIpc) is 2.95. The summed E-state index contributed by atoms with van der Waals surface area (Å²) in [5.41, 5.74) is 10.8. The second kappa shape index (κ2) is 6.45. The van der Waals surface area contributed by atoms with Crippen molar-refractivity contribution in [2.75, 3.05) is 36.9 Å². The van der Waals surface area contributed by atoms with E-state index in [9.17, 15) is 0 Å². The number of aromatic nitrogens is 1. The van der Waals surface area contributed by atoms with Crippen molar-refractivity contribution in [2.45, 2.75) is 6.92 Å². The largest absolute Gasteiger partial charge is 0.398 e. The molecular weight excluding hydrogens is 254 g/mol. The summed E-state index contributed by atoms with van der Waals surface area (Å²) in [4.78, 5) is 4.97. The van der Waals surface area contributed by atoms with Gasteiger partial charge < -0.3 is 25.8 Å². The molecule has 0 atom stereocenters. The molecule has 5 heteroatoms. The van der Waals surface area contributed by atoms with E-state index in [2.05, 4.69) is 4.98 Å². The van der Waals surface area contributed by atoms with Crippen LogP contribution in [0.3, 0.4) is 0 Å². The summed E-state index contributed by atoms with van der Waals surface area (Å²) in [5.74, 6) is 0. The summed E-state index contributed by atoms with van der Waals surface area (Å²) in [7, 11) is 0. The Bertz CT molecular complexity index is 546. The zero-order valence-electron chi connectivity index (χ0n) is 11.6. The van der Waals surface area contributed by atoms with Gasteiger partial charge in [-0.2, -0.15) is 0 Å². The van der Waals surface area contributed by atoms with Crippen LogP contribution in [0.4, 0.5) is 11.4 Å². The Morgan fingerprint density at radius 3 is 2.45 bits per heavy atom. The van der Waals surface area contributed by atoms with E-state index in [0.29, 0.717) is 13.1 Å². The van der Waals surface area contributed by atoms with E-state index in [1.807, 2.05) is 42.4 Å². The van der Waals surface area contributed by atoms with Crippen molar-refractivity contribution < 1.29 is 10.2 Å². The molecule has 2 rings (SSSR count). The molecule has 2 aromatic rings. The third-order valence-electron chi connectivity index (χ3n) is 3.39. The third-order valence-corrected chi connectivity index (χ3v) is 3.39. The highest BCUT2D eigenvalue weighted by Crippen LogP contribution is 2.33. The van der Waals surface area contributed by atoms with Gasteiger partial charge in [0.1, 0.15) is 0 Å². The zero-order valence-corrected chi connectivity index (χ0v) is 11.6. The van der Waals surface area contributed by atoms with Crippen LogP contribution in [0.15, 0.2) is 30.6 Å². The van der Waals surface area contributed by atoms with Gasteiger partial charge >= 0.3 is 0 Å². The van der Waals surface area contributed by atoms with Crippen LogP contribution in [0.2, 0.25) is 0 Å². The fourth-order valence-corrected chi connectivity index (χ4v) is 2.30. The maximum Gasteiger partial charge on any atom is 0.0606 e. The van der Waals surface area contributed by atoms with Crippen LogP contribution in [0.1, 0.15) is 5.56 Å². The monoisotopic (exact) mass is 275 g/mol. The maximum absolute atomic E-state index is 9.15. The van der Waals surface area contributed by atoms with E-state index in [1.165, 1.54) is 0 Å². The Labute approximate surface area is 118 Å². The number of aromatic amines is 1. The highest BCUT2D eigenvalue weighted by Gasteiger charge is 2.12. The van der Waals surface area contributed by atoms with Crippen LogP contribution in [-0.2, 0) is 0 Å². The lowest BCUT2D eigenvalue weighted by Crippen LogP contribution is -2.29. The number of nitrogen functional groups attached to an aromatic ring is 1. The molecule has 0 unspecified atom stereocenters. The molecule has 0 fully saturated rings. The molecule has 108 valence electrons. The minimum atomic E-state index is 0.0446. The van der Waals surface area contributed by atoms with Gasteiger partial charge in [-0.25, -0.2) is 0 Å². The highest BCUT2D eigenvalue weighted by molar-refractivity contribution is 5.82. The van der Waals surface area contributed by atoms with Crippen LogP contribution in [-0.4, -0.2) is 41.5 Å². The predicted molar refractivity (Wildman–Crippen MR) is 81.8 cm³/mol. The molecular formula is C15H21N3O2. The van der Waals surface area contributed by atoms with E-state index < -0.39 is 0 Å². The molecule has 0 amide bonds. The van der Waals surface area contributed by atoms with Crippen LogP contribution < -0.4 is 10.6 Å². The van der Waals surface area contributed by atoms with E-state index in [4.69, 9.17) is 15.9 Å². The van der Waals surface area contributed by atoms with Crippen LogP contribution in [0, 0.1) is 6.92 Å². The smallest absolute Gasteiger partial charge is 0.0606 e. The Hall–Kier alpha value is -1.98. The topological polar surface area (TPSA) is 85.5 Å². The van der Waals surface area contributed by atoms with Crippen LogP contribution in [0.5, 0.6) is 0 Å². The summed E-state index contributed by atoms with van der Waals surface area (Å²) in [5, 5.41) is 18.3. The average molecular weight is 275 g/mol. The summed E-state index contributed by atoms with van der Waals surface area (Å²) in [6.07, 6.45) is 3.76. The van der Waals surface area contributed by atoms with Crippen molar-refractivity contribution in [1.82, 2.24) is 4.98 Å². The molecule has 0 saturated carbocycles. The standard InChI is InChI=1S/C15H21N3O2/c1-11-8-13(18(4-6-19)5-7-20)9-14(15(11)16)12-2-3-17-10-12/h2-3,8-10,17,19-20H,4-7,16H2,1H3. The summed E-state index contributed by atoms with van der Waals surface area (Å²) >= 11 is 0. The van der Waals surface area contributed by atoms with Crippen molar-refractivity contribution in [3.05, 3.63) is 36.2 Å². The van der Waals surface area contributed by atoms with Gasteiger partial charge in [0, 0.05) is 48.0 Å². The molecule has 0 aliphatic heterocycles. The molecule has 1 heterocycles. The molecule has 1 aromatic carbocycles. The molecule has 0 radical (unpaired) electrons. The number of rotatable bonds is 6. The predicted octanol–water partition coefficient (Wildman–Crippen LogP) is 1.36. The fraction of sp³-hybridized carbons (Fsp3) is 0.333. The first-order valence-corrected chi connectivity index (χ1v) is 6.67. The van der Waals surface area contributed by atoms with Gasteiger partial charge in [-0.15, -0.1) is 0 Å². The maximum atomic E-state index is 9.15. The number of benzene rings is 1. The van der Waals surface area contributed by atoms with Gasteiger partial charge in [0.2, 0.25) is 0 Å². The Balaban J connectivity index is 2.44. The second-order valence-corrected chi connectivity index (χ2v) is 4.76. The first-order valence-electron chi connectivity index (χ1n) is 6.67. The Morgan fingerprint density at radius 1 is 1.20 bits per heavy atom. The van der Waals surface area contributed by atoms with Gasteiger partial charge in [-0.3, -0.25) is 0 Å². The highest BCUT2D eigenvalue weighted by atomic mass is 16.3. The zero-order chi connectivity index (χ0) is 14.5. The van der Waals surface area contributed by atoms with E-state index in [-0.39, 0.29) is 13.2 Å². The molecule has 0 aliphatic rings. The number of hydrogen-bond acceptors (Lipinski definition) is 4. The molecule has 0 spiro atoms. The van der Waals surface area contributed by atoms with Crippen molar-refractivity contribution in [3.63, 3.8) is 0 Å². The van der Waals surface area contributed by atoms with Crippen molar-refractivity contribution in [1.29, 1.82) is 0 Å². The van der Waals surface area contributed by atoms with Gasteiger partial charge in [0.15, 0.2) is 0 Å². The Morgan fingerprint density at radius 2 is 1.90 bits per heavy atom. The molecule has 0 bridgehead atoms. The summed E-state index contributed by atoms with van der Waals surface area (Å²) < 4.78 is 0. The van der Waals surface area contributed by atoms with E-state index >= 15 is 0 Å². The lowest BCUT2D eigenvalue weighted by Gasteiger charge is -2.25. The first kappa shape index (κ1) is 14.4.